The van der Waals surface area contributed by atoms with Crippen LogP contribution in [-0.4, -0.2) is 25.9 Å². The van der Waals surface area contributed by atoms with Gasteiger partial charge in [0.15, 0.2) is 11.5 Å². The fraction of sp³-hybridized carbons (Fsp3) is 0.250. The number of anilines is 1. The van der Waals surface area contributed by atoms with Crippen molar-refractivity contribution in [2.75, 3.05) is 26.6 Å². The summed E-state index contributed by atoms with van der Waals surface area (Å²) in [6.45, 7) is 0.0948. The summed E-state index contributed by atoms with van der Waals surface area (Å²) in [6, 6.07) is 10.5. The maximum Gasteiger partial charge on any atom is 0.161 e. The first-order chi connectivity index (χ1) is 10.5. The van der Waals surface area contributed by atoms with E-state index in [9.17, 15) is 5.11 Å². The highest BCUT2D eigenvalue weighted by atomic mass is 79.9. The fourth-order valence-electron chi connectivity index (χ4n) is 1.99. The van der Waals surface area contributed by atoms with Crippen LogP contribution in [0.25, 0.3) is 0 Å². The number of methoxy groups -OCH3 is 2. The number of aliphatic hydroxyl groups excluding tert-OH is 1. The van der Waals surface area contributed by atoms with Gasteiger partial charge in [0.1, 0.15) is 18.5 Å². The molecule has 0 spiro atoms. The number of aliphatic hydroxyl groups is 1. The topological polar surface area (TPSA) is 73.9 Å². The highest BCUT2D eigenvalue weighted by molar-refractivity contribution is 9.10. The summed E-state index contributed by atoms with van der Waals surface area (Å²) in [6.07, 6.45) is -0.824. The third kappa shape index (κ3) is 3.84. The van der Waals surface area contributed by atoms with E-state index in [2.05, 4.69) is 15.9 Å². The molecule has 22 heavy (non-hydrogen) atoms. The van der Waals surface area contributed by atoms with Crippen LogP contribution in [0.15, 0.2) is 40.9 Å². The maximum absolute atomic E-state index is 10.3. The average Bonchev–Trinajstić information content (AvgIpc) is 2.52. The third-order valence-electron chi connectivity index (χ3n) is 3.13. The SMILES string of the molecule is COc1cc(Br)c(C(O)COc2cccc(N)c2)cc1OC. The fourth-order valence-corrected chi connectivity index (χ4v) is 2.58. The Morgan fingerprint density at radius 1 is 1.14 bits per heavy atom. The van der Waals surface area contributed by atoms with E-state index in [0.717, 1.165) is 0 Å². The Hall–Kier alpha value is -1.92. The Bertz CT molecular complexity index is 648. The van der Waals surface area contributed by atoms with Gasteiger partial charge in [-0.15, -0.1) is 0 Å². The van der Waals surface area contributed by atoms with E-state index in [4.69, 9.17) is 19.9 Å². The summed E-state index contributed by atoms with van der Waals surface area (Å²) in [5, 5.41) is 10.3. The monoisotopic (exact) mass is 367 g/mol. The summed E-state index contributed by atoms with van der Waals surface area (Å²) in [5.41, 5.74) is 6.95. The summed E-state index contributed by atoms with van der Waals surface area (Å²) in [7, 11) is 3.11. The molecule has 0 amide bonds. The van der Waals surface area contributed by atoms with Gasteiger partial charge < -0.3 is 25.1 Å². The van der Waals surface area contributed by atoms with Crippen LogP contribution < -0.4 is 19.9 Å². The first-order valence-corrected chi connectivity index (χ1v) is 7.42. The minimum atomic E-state index is -0.824. The van der Waals surface area contributed by atoms with Gasteiger partial charge in [-0.1, -0.05) is 22.0 Å². The predicted octanol–water partition coefficient (Wildman–Crippen LogP) is 3.16. The van der Waals surface area contributed by atoms with E-state index in [-0.39, 0.29) is 6.61 Å². The molecular formula is C16H18BrNO4. The first kappa shape index (κ1) is 16.5. The lowest BCUT2D eigenvalue weighted by Gasteiger charge is -2.17. The van der Waals surface area contributed by atoms with Crippen LogP contribution in [0.1, 0.15) is 11.7 Å². The van der Waals surface area contributed by atoms with Crippen molar-refractivity contribution in [3.8, 4) is 17.2 Å². The number of nitrogen functional groups attached to an aromatic ring is 1. The number of benzene rings is 2. The summed E-state index contributed by atoms with van der Waals surface area (Å²) < 4.78 is 16.7. The van der Waals surface area contributed by atoms with Gasteiger partial charge >= 0.3 is 0 Å². The Kier molecular flexibility index (Phi) is 5.51. The van der Waals surface area contributed by atoms with E-state index < -0.39 is 6.10 Å². The molecule has 0 aliphatic heterocycles. The van der Waals surface area contributed by atoms with Crippen LogP contribution in [0.5, 0.6) is 17.2 Å². The normalized spacial score (nSPS) is 11.8. The van der Waals surface area contributed by atoms with Gasteiger partial charge in [0.25, 0.3) is 0 Å². The largest absolute Gasteiger partial charge is 0.493 e. The number of ether oxygens (including phenoxy) is 3. The number of nitrogens with two attached hydrogens (primary N) is 1. The lowest BCUT2D eigenvalue weighted by Crippen LogP contribution is -2.11. The first-order valence-electron chi connectivity index (χ1n) is 6.63. The highest BCUT2D eigenvalue weighted by Gasteiger charge is 2.17. The van der Waals surface area contributed by atoms with Gasteiger partial charge in [0.2, 0.25) is 0 Å². The second-order valence-electron chi connectivity index (χ2n) is 4.63. The Morgan fingerprint density at radius 2 is 1.82 bits per heavy atom. The molecule has 0 aliphatic rings. The molecule has 0 saturated carbocycles. The van der Waals surface area contributed by atoms with Crippen molar-refractivity contribution in [2.45, 2.75) is 6.10 Å². The number of halogens is 1. The molecule has 118 valence electrons. The molecule has 6 heteroatoms. The van der Waals surface area contributed by atoms with E-state index in [1.165, 1.54) is 0 Å². The molecule has 5 nitrogen and oxygen atoms in total. The third-order valence-corrected chi connectivity index (χ3v) is 3.81. The molecule has 0 aliphatic carbocycles. The van der Waals surface area contributed by atoms with Gasteiger partial charge in [-0.05, 0) is 24.3 Å². The molecule has 3 N–H and O–H groups in total. The van der Waals surface area contributed by atoms with Crippen LogP contribution in [0.2, 0.25) is 0 Å². The van der Waals surface area contributed by atoms with E-state index in [1.54, 1.807) is 50.6 Å². The van der Waals surface area contributed by atoms with E-state index in [1.807, 2.05) is 0 Å². The lowest BCUT2D eigenvalue weighted by atomic mass is 10.1. The Labute approximate surface area is 137 Å². The minimum Gasteiger partial charge on any atom is -0.493 e. The van der Waals surface area contributed by atoms with Crippen LogP contribution in [0.4, 0.5) is 5.69 Å². The summed E-state index contributed by atoms with van der Waals surface area (Å²) in [4.78, 5) is 0. The smallest absolute Gasteiger partial charge is 0.161 e. The van der Waals surface area contributed by atoms with Crippen LogP contribution in [-0.2, 0) is 0 Å². The summed E-state index contributed by atoms with van der Waals surface area (Å²) in [5.74, 6) is 1.74. The van der Waals surface area contributed by atoms with Gasteiger partial charge in [0, 0.05) is 21.8 Å². The second kappa shape index (κ2) is 7.38. The zero-order chi connectivity index (χ0) is 16.1. The lowest BCUT2D eigenvalue weighted by molar-refractivity contribution is 0.107. The molecule has 0 aromatic heterocycles. The molecule has 0 bridgehead atoms. The van der Waals surface area contributed by atoms with Crippen molar-refractivity contribution in [3.05, 3.63) is 46.4 Å². The van der Waals surface area contributed by atoms with Crippen molar-refractivity contribution in [2.24, 2.45) is 0 Å². The number of rotatable bonds is 6. The van der Waals surface area contributed by atoms with Crippen LogP contribution in [0.3, 0.4) is 0 Å². The average molecular weight is 368 g/mol. The molecule has 0 fully saturated rings. The number of hydrogen-bond donors (Lipinski definition) is 2. The molecule has 1 atom stereocenters. The minimum absolute atomic E-state index is 0.0948. The highest BCUT2D eigenvalue weighted by Crippen LogP contribution is 2.36. The second-order valence-corrected chi connectivity index (χ2v) is 5.48. The standard InChI is InChI=1S/C16H18BrNO4/c1-20-15-7-12(13(17)8-16(15)21-2)14(19)9-22-11-5-3-4-10(18)6-11/h3-8,14,19H,9,18H2,1-2H3. The molecule has 2 rings (SSSR count). The zero-order valence-corrected chi connectivity index (χ0v) is 14.0. The maximum atomic E-state index is 10.3. The number of hydrogen-bond acceptors (Lipinski definition) is 5. The predicted molar refractivity (Wildman–Crippen MR) is 88.6 cm³/mol. The molecular weight excluding hydrogens is 350 g/mol. The summed E-state index contributed by atoms with van der Waals surface area (Å²) >= 11 is 3.42. The molecule has 2 aromatic rings. The molecule has 0 heterocycles. The van der Waals surface area contributed by atoms with Gasteiger partial charge in [0.05, 0.1) is 14.2 Å². The molecule has 0 radical (unpaired) electrons. The van der Waals surface area contributed by atoms with Crippen molar-refractivity contribution < 1.29 is 19.3 Å². The van der Waals surface area contributed by atoms with Gasteiger partial charge in [-0.3, -0.25) is 0 Å². The van der Waals surface area contributed by atoms with E-state index in [0.29, 0.717) is 33.0 Å². The van der Waals surface area contributed by atoms with Crippen LogP contribution >= 0.6 is 15.9 Å². The Morgan fingerprint density at radius 3 is 2.45 bits per heavy atom. The van der Waals surface area contributed by atoms with Crippen molar-refractivity contribution in [1.29, 1.82) is 0 Å². The quantitative estimate of drug-likeness (QED) is 0.767. The molecule has 0 saturated heterocycles. The van der Waals surface area contributed by atoms with Crippen molar-refractivity contribution >= 4 is 21.6 Å². The van der Waals surface area contributed by atoms with Crippen LogP contribution in [0, 0.1) is 0 Å². The zero-order valence-electron chi connectivity index (χ0n) is 12.4. The van der Waals surface area contributed by atoms with Gasteiger partial charge in [-0.2, -0.15) is 0 Å². The van der Waals surface area contributed by atoms with Crippen molar-refractivity contribution in [1.82, 2.24) is 0 Å². The Balaban J connectivity index is 2.13. The molecule has 2 aromatic carbocycles. The van der Waals surface area contributed by atoms with Gasteiger partial charge in [-0.25, -0.2) is 0 Å². The molecule has 1 unspecified atom stereocenters. The van der Waals surface area contributed by atoms with Crippen molar-refractivity contribution in [3.63, 3.8) is 0 Å². The van der Waals surface area contributed by atoms with E-state index >= 15 is 0 Å².